The molecule has 2 aromatic carbocycles. The lowest BCUT2D eigenvalue weighted by Gasteiger charge is -2.12. The molecule has 2 N–H and O–H groups in total. The first-order valence-electron chi connectivity index (χ1n) is 6.31. The Hall–Kier alpha value is -2.82. The lowest BCUT2D eigenvalue weighted by atomic mass is 10.1. The van der Waals surface area contributed by atoms with Crippen LogP contribution in [-0.2, 0) is 0 Å². The number of nitrogens with one attached hydrogen (secondary N) is 1. The topological polar surface area (TPSA) is 75.6 Å². The van der Waals surface area contributed by atoms with Gasteiger partial charge in [0.1, 0.15) is 5.75 Å². The van der Waals surface area contributed by atoms with Crippen LogP contribution in [0, 0.1) is 6.92 Å². The van der Waals surface area contributed by atoms with Gasteiger partial charge in [0.2, 0.25) is 0 Å². The normalized spacial score (nSPS) is 10.0. The van der Waals surface area contributed by atoms with Crippen molar-refractivity contribution in [2.24, 2.45) is 0 Å². The van der Waals surface area contributed by atoms with Crippen LogP contribution < -0.4 is 10.1 Å². The molecule has 1 amide bonds. The number of ether oxygens (including phenoxy) is 1. The van der Waals surface area contributed by atoms with Gasteiger partial charge < -0.3 is 15.2 Å². The van der Waals surface area contributed by atoms with Gasteiger partial charge in [-0.05, 0) is 36.8 Å². The first-order valence-corrected chi connectivity index (χ1v) is 6.31. The number of hydrogen-bond acceptors (Lipinski definition) is 3. The van der Waals surface area contributed by atoms with Crippen molar-refractivity contribution in [3.05, 3.63) is 59.2 Å². The van der Waals surface area contributed by atoms with Crippen LogP contribution in [-0.4, -0.2) is 24.1 Å². The molecule has 0 atom stereocenters. The summed E-state index contributed by atoms with van der Waals surface area (Å²) in [5.74, 6) is -1.11. The van der Waals surface area contributed by atoms with Crippen molar-refractivity contribution in [2.45, 2.75) is 6.92 Å². The van der Waals surface area contributed by atoms with E-state index >= 15 is 0 Å². The number of aryl methyl sites for hydroxylation is 1. The van der Waals surface area contributed by atoms with Gasteiger partial charge in [-0.15, -0.1) is 0 Å². The second kappa shape index (κ2) is 6.09. The van der Waals surface area contributed by atoms with E-state index in [0.29, 0.717) is 11.4 Å². The van der Waals surface area contributed by atoms with Crippen molar-refractivity contribution < 1.29 is 19.4 Å². The van der Waals surface area contributed by atoms with Crippen molar-refractivity contribution >= 4 is 17.6 Å². The average molecular weight is 285 g/mol. The molecular weight excluding hydrogens is 270 g/mol. The number of hydrogen-bond donors (Lipinski definition) is 2. The van der Waals surface area contributed by atoms with Gasteiger partial charge in [0.15, 0.2) is 0 Å². The minimum Gasteiger partial charge on any atom is -0.495 e. The van der Waals surface area contributed by atoms with E-state index in [9.17, 15) is 9.59 Å². The number of amides is 1. The first-order chi connectivity index (χ1) is 10.0. The minimum absolute atomic E-state index is 0.0407. The van der Waals surface area contributed by atoms with Crippen LogP contribution in [0.5, 0.6) is 5.75 Å². The Balaban J connectivity index is 2.33. The average Bonchev–Trinajstić information content (AvgIpc) is 2.48. The number of benzene rings is 2. The highest BCUT2D eigenvalue weighted by atomic mass is 16.5. The molecule has 0 aliphatic carbocycles. The monoisotopic (exact) mass is 285 g/mol. The summed E-state index contributed by atoms with van der Waals surface area (Å²) in [7, 11) is 1.51. The van der Waals surface area contributed by atoms with E-state index in [2.05, 4.69) is 5.32 Å². The zero-order valence-electron chi connectivity index (χ0n) is 11.7. The molecule has 21 heavy (non-hydrogen) atoms. The number of carbonyl (C=O) groups is 2. The van der Waals surface area contributed by atoms with Crippen LogP contribution in [0.4, 0.5) is 5.69 Å². The summed E-state index contributed by atoms with van der Waals surface area (Å²) in [6.45, 7) is 1.91. The Morgan fingerprint density at radius 2 is 1.76 bits per heavy atom. The molecule has 0 radical (unpaired) electrons. The molecule has 0 aliphatic rings. The van der Waals surface area contributed by atoms with E-state index in [4.69, 9.17) is 9.84 Å². The summed E-state index contributed by atoms with van der Waals surface area (Å²) in [5.41, 5.74) is 1.55. The van der Waals surface area contributed by atoms with Crippen molar-refractivity contribution in [3.8, 4) is 5.75 Å². The Morgan fingerprint density at radius 3 is 2.38 bits per heavy atom. The fourth-order valence-corrected chi connectivity index (χ4v) is 1.96. The Kier molecular flexibility index (Phi) is 4.23. The predicted octanol–water partition coefficient (Wildman–Crippen LogP) is 2.95. The number of carbonyl (C=O) groups excluding carboxylic acids is 1. The van der Waals surface area contributed by atoms with E-state index in [1.807, 2.05) is 13.0 Å². The molecule has 2 aromatic rings. The van der Waals surface area contributed by atoms with Crippen molar-refractivity contribution in [1.29, 1.82) is 0 Å². The summed E-state index contributed by atoms with van der Waals surface area (Å²) in [5, 5.41) is 11.8. The molecule has 0 saturated carbocycles. The van der Waals surface area contributed by atoms with Gasteiger partial charge in [0, 0.05) is 0 Å². The highest BCUT2D eigenvalue weighted by Gasteiger charge is 2.17. The number of carboxylic acid groups (broad SMARTS) is 1. The summed E-state index contributed by atoms with van der Waals surface area (Å²) < 4.78 is 5.21. The second-order valence-electron chi connectivity index (χ2n) is 4.51. The smallest absolute Gasteiger partial charge is 0.336 e. The van der Waals surface area contributed by atoms with Crippen LogP contribution in [0.1, 0.15) is 26.3 Å². The number of anilines is 1. The minimum atomic E-state index is -1.14. The summed E-state index contributed by atoms with van der Waals surface area (Å²) in [4.78, 5) is 23.4. The van der Waals surface area contributed by atoms with Crippen LogP contribution in [0.25, 0.3) is 0 Å². The highest BCUT2D eigenvalue weighted by molar-refractivity contribution is 6.11. The van der Waals surface area contributed by atoms with Crippen molar-refractivity contribution in [1.82, 2.24) is 0 Å². The molecule has 0 aliphatic heterocycles. The predicted molar refractivity (Wildman–Crippen MR) is 79.1 cm³/mol. The van der Waals surface area contributed by atoms with Gasteiger partial charge in [-0.1, -0.05) is 18.2 Å². The molecule has 0 aromatic heterocycles. The zero-order chi connectivity index (χ0) is 15.4. The fraction of sp³-hybridized carbons (Fsp3) is 0.125. The van der Waals surface area contributed by atoms with Crippen molar-refractivity contribution in [3.63, 3.8) is 0 Å². The van der Waals surface area contributed by atoms with Gasteiger partial charge >= 0.3 is 5.97 Å². The van der Waals surface area contributed by atoms with E-state index < -0.39 is 11.9 Å². The Morgan fingerprint density at radius 1 is 1.10 bits per heavy atom. The second-order valence-corrected chi connectivity index (χ2v) is 4.51. The SMILES string of the molecule is COc1cc(C)ccc1NC(=O)c1ccccc1C(=O)O. The van der Waals surface area contributed by atoms with Gasteiger partial charge in [-0.3, -0.25) is 4.79 Å². The van der Waals surface area contributed by atoms with Gasteiger partial charge in [0.25, 0.3) is 5.91 Å². The van der Waals surface area contributed by atoms with Gasteiger partial charge in [-0.2, -0.15) is 0 Å². The van der Waals surface area contributed by atoms with Crippen LogP contribution in [0.2, 0.25) is 0 Å². The molecule has 0 spiro atoms. The molecule has 0 bridgehead atoms. The molecule has 0 fully saturated rings. The Labute approximate surface area is 122 Å². The van der Waals surface area contributed by atoms with E-state index in [1.54, 1.807) is 24.3 Å². The molecule has 108 valence electrons. The fourth-order valence-electron chi connectivity index (χ4n) is 1.96. The number of carboxylic acids is 1. The van der Waals surface area contributed by atoms with E-state index in [1.165, 1.54) is 19.2 Å². The van der Waals surface area contributed by atoms with E-state index in [0.717, 1.165) is 5.56 Å². The molecule has 0 heterocycles. The number of aromatic carboxylic acids is 1. The third-order valence-corrected chi connectivity index (χ3v) is 3.01. The van der Waals surface area contributed by atoms with Crippen LogP contribution in [0.15, 0.2) is 42.5 Å². The third kappa shape index (κ3) is 3.20. The third-order valence-electron chi connectivity index (χ3n) is 3.01. The maximum absolute atomic E-state index is 12.3. The number of rotatable bonds is 4. The highest BCUT2D eigenvalue weighted by Crippen LogP contribution is 2.26. The lowest BCUT2D eigenvalue weighted by Crippen LogP contribution is -2.16. The summed E-state index contributed by atoms with van der Waals surface area (Å²) in [6.07, 6.45) is 0. The molecule has 2 rings (SSSR count). The molecule has 5 nitrogen and oxygen atoms in total. The maximum Gasteiger partial charge on any atom is 0.336 e. The lowest BCUT2D eigenvalue weighted by molar-refractivity contribution is 0.0692. The first kappa shape index (κ1) is 14.6. The number of methoxy groups -OCH3 is 1. The molecule has 0 unspecified atom stereocenters. The molecule has 0 saturated heterocycles. The van der Waals surface area contributed by atoms with Gasteiger partial charge in [-0.25, -0.2) is 4.79 Å². The standard InChI is InChI=1S/C16H15NO4/c1-10-7-8-13(14(9-10)21-2)17-15(18)11-5-3-4-6-12(11)16(19)20/h3-9H,1-2H3,(H,17,18)(H,19,20). The maximum atomic E-state index is 12.3. The van der Waals surface area contributed by atoms with E-state index in [-0.39, 0.29) is 11.1 Å². The largest absolute Gasteiger partial charge is 0.495 e. The summed E-state index contributed by atoms with van der Waals surface area (Å²) in [6, 6.07) is 11.4. The zero-order valence-corrected chi connectivity index (χ0v) is 11.7. The Bertz CT molecular complexity index is 694. The quantitative estimate of drug-likeness (QED) is 0.905. The van der Waals surface area contributed by atoms with Gasteiger partial charge in [0.05, 0.1) is 23.9 Å². The van der Waals surface area contributed by atoms with Crippen LogP contribution in [0.3, 0.4) is 0 Å². The van der Waals surface area contributed by atoms with Crippen LogP contribution >= 0.6 is 0 Å². The molecule has 5 heteroatoms. The molecular formula is C16H15NO4. The summed E-state index contributed by atoms with van der Waals surface area (Å²) >= 11 is 0. The van der Waals surface area contributed by atoms with Crippen molar-refractivity contribution in [2.75, 3.05) is 12.4 Å².